The average molecular weight is 311 g/mol. The Hall–Kier alpha value is -0.380. The highest BCUT2D eigenvalue weighted by Gasteiger charge is 2.20. The van der Waals surface area contributed by atoms with Crippen molar-refractivity contribution in [3.8, 4) is 0 Å². The van der Waals surface area contributed by atoms with Crippen molar-refractivity contribution in [2.24, 2.45) is 0 Å². The van der Waals surface area contributed by atoms with Crippen molar-refractivity contribution in [2.45, 2.75) is 38.8 Å². The van der Waals surface area contributed by atoms with E-state index >= 15 is 0 Å². The lowest BCUT2D eigenvalue weighted by molar-refractivity contribution is 0.200. The molecule has 2 nitrogen and oxygen atoms in total. The number of hydrogen-bond acceptors (Lipinski definition) is 2. The molecule has 2 rings (SSSR count). The first-order valence-corrected chi connectivity index (χ1v) is 7.72. The van der Waals surface area contributed by atoms with E-state index in [-0.39, 0.29) is 0 Å². The predicted octanol–water partition coefficient (Wildman–Crippen LogP) is 3.58. The van der Waals surface area contributed by atoms with Crippen LogP contribution in [-0.4, -0.2) is 30.6 Å². The molecule has 1 aliphatic rings. The highest BCUT2D eigenvalue weighted by atomic mass is 79.9. The van der Waals surface area contributed by atoms with Gasteiger partial charge in [-0.25, -0.2) is 0 Å². The highest BCUT2D eigenvalue weighted by molar-refractivity contribution is 9.10. The Morgan fingerprint density at radius 2 is 2.00 bits per heavy atom. The SMILES string of the molecule is CCN1CCC(N[C@H](C)c2ccccc2Br)CC1. The molecule has 100 valence electrons. The highest BCUT2D eigenvalue weighted by Crippen LogP contribution is 2.24. The van der Waals surface area contributed by atoms with Gasteiger partial charge in [-0.1, -0.05) is 41.1 Å². The zero-order chi connectivity index (χ0) is 13.0. The van der Waals surface area contributed by atoms with Crippen molar-refractivity contribution in [1.82, 2.24) is 10.2 Å². The van der Waals surface area contributed by atoms with Gasteiger partial charge in [0.25, 0.3) is 0 Å². The smallest absolute Gasteiger partial charge is 0.0305 e. The number of benzene rings is 1. The zero-order valence-corrected chi connectivity index (χ0v) is 12.9. The molecular formula is C15H23BrN2. The van der Waals surface area contributed by atoms with Crippen LogP contribution in [0.15, 0.2) is 28.7 Å². The van der Waals surface area contributed by atoms with Gasteiger partial charge in [-0.3, -0.25) is 0 Å². The summed E-state index contributed by atoms with van der Waals surface area (Å²) >= 11 is 3.63. The summed E-state index contributed by atoms with van der Waals surface area (Å²) in [5, 5.41) is 3.76. The molecule has 1 aliphatic heterocycles. The summed E-state index contributed by atoms with van der Waals surface area (Å²) in [4.78, 5) is 2.53. The number of nitrogens with one attached hydrogen (secondary N) is 1. The number of rotatable bonds is 4. The van der Waals surface area contributed by atoms with Gasteiger partial charge in [-0.2, -0.15) is 0 Å². The van der Waals surface area contributed by atoms with E-state index in [1.54, 1.807) is 0 Å². The third-order valence-corrected chi connectivity index (χ3v) is 4.61. The van der Waals surface area contributed by atoms with Crippen LogP contribution in [0.5, 0.6) is 0 Å². The quantitative estimate of drug-likeness (QED) is 0.914. The molecule has 18 heavy (non-hydrogen) atoms. The third-order valence-electron chi connectivity index (χ3n) is 3.89. The zero-order valence-electron chi connectivity index (χ0n) is 11.3. The molecule has 1 aromatic carbocycles. The molecule has 1 heterocycles. The van der Waals surface area contributed by atoms with Crippen LogP contribution in [0.4, 0.5) is 0 Å². The lowest BCUT2D eigenvalue weighted by Gasteiger charge is -2.33. The Bertz CT molecular complexity index is 373. The van der Waals surface area contributed by atoms with Crippen LogP contribution in [0.3, 0.4) is 0 Å². The summed E-state index contributed by atoms with van der Waals surface area (Å²) in [6, 6.07) is 9.57. The maximum absolute atomic E-state index is 3.76. The first kappa shape index (κ1) is 14.0. The minimum Gasteiger partial charge on any atom is -0.307 e. The van der Waals surface area contributed by atoms with Gasteiger partial charge >= 0.3 is 0 Å². The molecule has 1 aromatic rings. The predicted molar refractivity (Wildman–Crippen MR) is 80.8 cm³/mol. The minimum absolute atomic E-state index is 0.416. The van der Waals surface area contributed by atoms with Crippen molar-refractivity contribution < 1.29 is 0 Å². The lowest BCUT2D eigenvalue weighted by atomic mass is 10.0. The number of piperidine rings is 1. The van der Waals surface area contributed by atoms with Crippen molar-refractivity contribution in [1.29, 1.82) is 0 Å². The van der Waals surface area contributed by atoms with Crippen LogP contribution < -0.4 is 5.32 Å². The molecule has 1 fully saturated rings. The van der Waals surface area contributed by atoms with Gasteiger partial charge in [0.05, 0.1) is 0 Å². The van der Waals surface area contributed by atoms with Gasteiger partial charge in [0, 0.05) is 16.6 Å². The summed E-state index contributed by atoms with van der Waals surface area (Å²) in [5.74, 6) is 0. The first-order chi connectivity index (χ1) is 8.70. The van der Waals surface area contributed by atoms with E-state index in [1.807, 2.05) is 0 Å². The Kier molecular flexibility index (Phi) is 5.22. The van der Waals surface area contributed by atoms with Crippen molar-refractivity contribution in [2.75, 3.05) is 19.6 Å². The van der Waals surface area contributed by atoms with Crippen LogP contribution in [0.1, 0.15) is 38.3 Å². The summed E-state index contributed by atoms with van der Waals surface area (Å²) in [5.41, 5.74) is 1.36. The Balaban J connectivity index is 1.89. The molecule has 1 N–H and O–H groups in total. The first-order valence-electron chi connectivity index (χ1n) is 6.93. The Morgan fingerprint density at radius 3 is 2.61 bits per heavy atom. The van der Waals surface area contributed by atoms with Gasteiger partial charge in [0.1, 0.15) is 0 Å². The van der Waals surface area contributed by atoms with Crippen LogP contribution in [0.25, 0.3) is 0 Å². The summed E-state index contributed by atoms with van der Waals surface area (Å²) in [7, 11) is 0. The van der Waals surface area contributed by atoms with Gasteiger partial charge in [0.2, 0.25) is 0 Å². The van der Waals surface area contributed by atoms with E-state index in [9.17, 15) is 0 Å². The Labute approximate surface area is 119 Å². The molecule has 0 amide bonds. The molecule has 0 saturated carbocycles. The van der Waals surface area contributed by atoms with Crippen LogP contribution >= 0.6 is 15.9 Å². The maximum Gasteiger partial charge on any atom is 0.0305 e. The average Bonchev–Trinajstić information content (AvgIpc) is 2.40. The number of nitrogens with zero attached hydrogens (tertiary/aromatic N) is 1. The standard InChI is InChI=1S/C15H23BrN2/c1-3-18-10-8-13(9-11-18)17-12(2)14-6-4-5-7-15(14)16/h4-7,12-13,17H,3,8-11H2,1-2H3/t12-/m1/s1. The molecule has 1 atom stereocenters. The molecular weight excluding hydrogens is 288 g/mol. The molecule has 0 bridgehead atoms. The van der Waals surface area contributed by atoms with E-state index < -0.39 is 0 Å². The maximum atomic E-state index is 3.76. The second-order valence-electron chi connectivity index (χ2n) is 5.12. The molecule has 3 heteroatoms. The number of hydrogen-bond donors (Lipinski definition) is 1. The molecule has 0 spiro atoms. The third kappa shape index (κ3) is 3.56. The fraction of sp³-hybridized carbons (Fsp3) is 0.600. The monoisotopic (exact) mass is 310 g/mol. The molecule has 0 radical (unpaired) electrons. The molecule has 0 aliphatic carbocycles. The molecule has 1 saturated heterocycles. The fourth-order valence-corrected chi connectivity index (χ4v) is 3.31. The van der Waals surface area contributed by atoms with Crippen molar-refractivity contribution >= 4 is 15.9 Å². The summed E-state index contributed by atoms with van der Waals surface area (Å²) < 4.78 is 1.20. The normalized spacial score (nSPS) is 19.9. The van der Waals surface area contributed by atoms with E-state index in [1.165, 1.54) is 42.5 Å². The second-order valence-corrected chi connectivity index (χ2v) is 5.97. The van der Waals surface area contributed by atoms with Crippen LogP contribution in [0.2, 0.25) is 0 Å². The summed E-state index contributed by atoms with van der Waals surface area (Å²) in [6.45, 7) is 8.16. The Morgan fingerprint density at radius 1 is 1.33 bits per heavy atom. The minimum atomic E-state index is 0.416. The van der Waals surface area contributed by atoms with E-state index in [2.05, 4.69) is 64.3 Å². The van der Waals surface area contributed by atoms with Gasteiger partial charge < -0.3 is 10.2 Å². The van der Waals surface area contributed by atoms with E-state index in [0.717, 1.165) is 0 Å². The van der Waals surface area contributed by atoms with E-state index in [0.29, 0.717) is 12.1 Å². The molecule has 0 unspecified atom stereocenters. The van der Waals surface area contributed by atoms with Gasteiger partial charge in [-0.05, 0) is 51.0 Å². The topological polar surface area (TPSA) is 15.3 Å². The van der Waals surface area contributed by atoms with E-state index in [4.69, 9.17) is 0 Å². The molecule has 0 aromatic heterocycles. The largest absolute Gasteiger partial charge is 0.307 e. The summed E-state index contributed by atoms with van der Waals surface area (Å²) in [6.07, 6.45) is 2.53. The van der Waals surface area contributed by atoms with Gasteiger partial charge in [0.15, 0.2) is 0 Å². The lowest BCUT2D eigenvalue weighted by Crippen LogP contribution is -2.43. The van der Waals surface area contributed by atoms with Crippen molar-refractivity contribution in [3.05, 3.63) is 34.3 Å². The van der Waals surface area contributed by atoms with Crippen LogP contribution in [0, 0.1) is 0 Å². The second kappa shape index (κ2) is 6.69. The number of halogens is 1. The van der Waals surface area contributed by atoms with Crippen LogP contribution in [-0.2, 0) is 0 Å². The fourth-order valence-electron chi connectivity index (χ4n) is 2.69. The number of likely N-dealkylation sites (tertiary alicyclic amines) is 1. The van der Waals surface area contributed by atoms with Gasteiger partial charge in [-0.15, -0.1) is 0 Å². The van der Waals surface area contributed by atoms with Crippen molar-refractivity contribution in [3.63, 3.8) is 0 Å².